The Labute approximate surface area is 89.7 Å². The van der Waals surface area contributed by atoms with E-state index in [1.165, 1.54) is 0 Å². The number of benzene rings is 1. The second-order valence-electron chi connectivity index (χ2n) is 1.93. The van der Waals surface area contributed by atoms with Crippen LogP contribution in [0.2, 0.25) is 0 Å². The van der Waals surface area contributed by atoms with Crippen molar-refractivity contribution in [3.63, 3.8) is 0 Å². The fourth-order valence-electron chi connectivity index (χ4n) is 0.478. The molecule has 0 spiro atoms. The van der Waals surface area contributed by atoms with Crippen molar-refractivity contribution < 1.29 is 36.4 Å². The summed E-state index contributed by atoms with van der Waals surface area (Å²) in [7, 11) is -4.67. The predicted octanol–water partition coefficient (Wildman–Crippen LogP) is -1.78. The van der Waals surface area contributed by atoms with E-state index in [1.54, 1.807) is 0 Å². The zero-order chi connectivity index (χ0) is 9.61. The van der Waals surface area contributed by atoms with Crippen molar-refractivity contribution in [2.45, 2.75) is 0 Å². The fourth-order valence-corrected chi connectivity index (χ4v) is 0.478. The van der Waals surface area contributed by atoms with Crippen LogP contribution in [0.5, 0.6) is 0 Å². The minimum absolute atomic E-state index is 0. The van der Waals surface area contributed by atoms with Crippen molar-refractivity contribution in [3.8, 4) is 0 Å². The number of hydrogen-bond acceptors (Lipinski definition) is 2. The molecule has 0 aliphatic heterocycles. The van der Waals surface area contributed by atoms with E-state index in [0.29, 0.717) is 0 Å². The first-order valence-electron chi connectivity index (χ1n) is 2.96. The van der Waals surface area contributed by atoms with Gasteiger partial charge in [0.05, 0.1) is 0 Å². The Balaban J connectivity index is 0. The maximum absolute atomic E-state index is 8.74. The Kier molecular flexibility index (Phi) is 8.11. The van der Waals surface area contributed by atoms with Gasteiger partial charge in [-0.15, -0.1) is 12.1 Å². The molecule has 0 heterocycles. The number of rotatable bonds is 0. The smallest absolute Gasteiger partial charge is 0.264 e. The van der Waals surface area contributed by atoms with Crippen molar-refractivity contribution >= 4 is 10.4 Å². The van der Waals surface area contributed by atoms with Crippen molar-refractivity contribution in [2.75, 3.05) is 0 Å². The average Bonchev–Trinajstić information content (AvgIpc) is 1.85. The normalized spacial score (nSPS) is 9.08. The van der Waals surface area contributed by atoms with E-state index >= 15 is 0 Å². The average molecular weight is 196 g/mol. The van der Waals surface area contributed by atoms with Gasteiger partial charge in [0.2, 0.25) is 0 Å². The Morgan fingerprint density at radius 1 is 1.08 bits per heavy atom. The maximum Gasteiger partial charge on any atom is 1.00 e. The molecule has 0 aromatic heterocycles. The van der Waals surface area contributed by atoms with Gasteiger partial charge in [0.1, 0.15) is 0 Å². The second kappa shape index (κ2) is 7.01. The fraction of sp³-hybridized carbons (Fsp3) is 0. The standard InChI is InChI=1S/C7H7.Li.H2O4S/c1-7-5-3-2-4-6-7;;1-5(2,3)4/h2-6H,1H2;;(H2,1,2,3,4)/q-1;+1;. The van der Waals surface area contributed by atoms with Gasteiger partial charge in [-0.2, -0.15) is 33.0 Å². The molecule has 0 amide bonds. The van der Waals surface area contributed by atoms with Crippen LogP contribution in [-0.4, -0.2) is 17.5 Å². The first-order valence-corrected chi connectivity index (χ1v) is 4.36. The van der Waals surface area contributed by atoms with Crippen molar-refractivity contribution in [3.05, 3.63) is 42.8 Å². The number of hydrogen-bond donors (Lipinski definition) is 2. The summed E-state index contributed by atoms with van der Waals surface area (Å²) in [5, 5.41) is 0. The molecule has 0 saturated heterocycles. The van der Waals surface area contributed by atoms with Gasteiger partial charge in [0.15, 0.2) is 0 Å². The molecule has 13 heavy (non-hydrogen) atoms. The zero-order valence-corrected chi connectivity index (χ0v) is 8.03. The summed E-state index contributed by atoms with van der Waals surface area (Å²) >= 11 is 0. The molecular formula is C7H9LiO4S. The van der Waals surface area contributed by atoms with E-state index in [2.05, 4.69) is 6.92 Å². The summed E-state index contributed by atoms with van der Waals surface area (Å²) in [6, 6.07) is 9.87. The minimum atomic E-state index is -4.67. The largest absolute Gasteiger partial charge is 1.00 e. The van der Waals surface area contributed by atoms with Crippen LogP contribution in [-0.2, 0) is 10.4 Å². The molecule has 1 aromatic carbocycles. The van der Waals surface area contributed by atoms with Crippen molar-refractivity contribution in [1.82, 2.24) is 0 Å². The molecule has 0 radical (unpaired) electrons. The van der Waals surface area contributed by atoms with E-state index in [4.69, 9.17) is 17.5 Å². The molecule has 2 N–H and O–H groups in total. The van der Waals surface area contributed by atoms with E-state index in [9.17, 15) is 0 Å². The predicted molar refractivity (Wildman–Crippen MR) is 45.1 cm³/mol. The maximum atomic E-state index is 8.74. The van der Waals surface area contributed by atoms with Crippen LogP contribution in [0.1, 0.15) is 5.56 Å². The third-order valence-electron chi connectivity index (χ3n) is 0.843. The van der Waals surface area contributed by atoms with Gasteiger partial charge in [0.25, 0.3) is 0 Å². The van der Waals surface area contributed by atoms with Gasteiger partial charge in [-0.25, -0.2) is 0 Å². The van der Waals surface area contributed by atoms with Gasteiger partial charge in [-0.3, -0.25) is 9.11 Å². The molecule has 0 unspecified atom stereocenters. The molecule has 0 aliphatic rings. The van der Waals surface area contributed by atoms with Crippen molar-refractivity contribution in [1.29, 1.82) is 0 Å². The van der Waals surface area contributed by atoms with Crippen LogP contribution >= 0.6 is 0 Å². The molecule has 6 heteroatoms. The Morgan fingerprint density at radius 2 is 1.38 bits per heavy atom. The van der Waals surface area contributed by atoms with Crippen LogP contribution in [0.4, 0.5) is 0 Å². The molecule has 68 valence electrons. The molecule has 1 rings (SSSR count). The van der Waals surface area contributed by atoms with Gasteiger partial charge in [-0.1, -0.05) is 6.07 Å². The summed E-state index contributed by atoms with van der Waals surface area (Å²) in [5.74, 6) is 0. The third-order valence-corrected chi connectivity index (χ3v) is 0.843. The van der Waals surface area contributed by atoms with E-state index in [0.717, 1.165) is 5.56 Å². The second-order valence-corrected chi connectivity index (χ2v) is 2.83. The van der Waals surface area contributed by atoms with Gasteiger partial charge in [-0.05, 0) is 0 Å². The van der Waals surface area contributed by atoms with E-state index in [-0.39, 0.29) is 18.9 Å². The molecule has 4 nitrogen and oxygen atoms in total. The first kappa shape index (κ1) is 15.0. The van der Waals surface area contributed by atoms with E-state index < -0.39 is 10.4 Å². The van der Waals surface area contributed by atoms with E-state index in [1.807, 2.05) is 30.3 Å². The SMILES string of the molecule is O=S(=O)(O)O.[CH2-]c1ccccc1.[Li+]. The summed E-state index contributed by atoms with van der Waals surface area (Å²) in [4.78, 5) is 0. The summed E-state index contributed by atoms with van der Waals surface area (Å²) < 4.78 is 31.6. The van der Waals surface area contributed by atoms with Crippen molar-refractivity contribution in [2.24, 2.45) is 0 Å². The van der Waals surface area contributed by atoms with Crippen LogP contribution in [0, 0.1) is 6.92 Å². The van der Waals surface area contributed by atoms with Gasteiger partial charge < -0.3 is 0 Å². The minimum Gasteiger partial charge on any atom is -0.264 e. The summed E-state index contributed by atoms with van der Waals surface area (Å²) in [6.45, 7) is 3.72. The first-order chi connectivity index (χ1) is 5.39. The molecule has 0 aliphatic carbocycles. The van der Waals surface area contributed by atoms with Crippen LogP contribution < -0.4 is 18.9 Å². The quantitative estimate of drug-likeness (QED) is 0.292. The molecule has 0 fully saturated rings. The Hall–Kier alpha value is -0.443. The van der Waals surface area contributed by atoms with Crippen LogP contribution in [0.15, 0.2) is 30.3 Å². The Bertz CT molecular complexity index is 301. The summed E-state index contributed by atoms with van der Waals surface area (Å²) in [5.41, 5.74) is 1.07. The Morgan fingerprint density at radius 3 is 1.54 bits per heavy atom. The molecule has 0 saturated carbocycles. The van der Waals surface area contributed by atoms with Gasteiger partial charge >= 0.3 is 29.3 Å². The van der Waals surface area contributed by atoms with Gasteiger partial charge in [0, 0.05) is 0 Å². The van der Waals surface area contributed by atoms with Crippen LogP contribution in [0.25, 0.3) is 0 Å². The third kappa shape index (κ3) is 18.5. The molecular weight excluding hydrogens is 187 g/mol. The van der Waals surface area contributed by atoms with Crippen LogP contribution in [0.3, 0.4) is 0 Å². The molecule has 1 aromatic rings. The zero-order valence-electron chi connectivity index (χ0n) is 7.21. The topological polar surface area (TPSA) is 74.6 Å². The molecule has 0 bridgehead atoms. The summed E-state index contributed by atoms with van der Waals surface area (Å²) in [6.07, 6.45) is 0. The molecule has 0 atom stereocenters. The monoisotopic (exact) mass is 196 g/mol.